The summed E-state index contributed by atoms with van der Waals surface area (Å²) in [5.74, 6) is 1.02. The SMILES string of the molecule is O=C(CBr)N[C@H]1CC[C@H](Nc2nc(N3CCOCC3)cc(-n3c(C(F)F)nc4ccccc43)n2)CC1. The van der Waals surface area contributed by atoms with Gasteiger partial charge in [0.15, 0.2) is 5.82 Å². The second-order valence-electron chi connectivity index (χ2n) is 9.00. The lowest BCUT2D eigenvalue weighted by atomic mass is 9.91. The number of carbonyl (C=O) groups is 1. The molecule has 5 rings (SSSR count). The Labute approximate surface area is 215 Å². The van der Waals surface area contributed by atoms with Crippen LogP contribution in [0.4, 0.5) is 20.5 Å². The van der Waals surface area contributed by atoms with Crippen LogP contribution < -0.4 is 15.5 Å². The van der Waals surface area contributed by atoms with Gasteiger partial charge in [0.25, 0.3) is 6.43 Å². The Kier molecular flexibility index (Phi) is 7.61. The number of carbonyl (C=O) groups excluding carboxylic acids is 1. The first-order chi connectivity index (χ1) is 17.5. The van der Waals surface area contributed by atoms with Crippen LogP contribution in [0.25, 0.3) is 16.9 Å². The van der Waals surface area contributed by atoms with E-state index < -0.39 is 6.43 Å². The Hall–Kier alpha value is -2.86. The number of anilines is 2. The molecule has 3 aromatic rings. The van der Waals surface area contributed by atoms with Gasteiger partial charge in [-0.15, -0.1) is 0 Å². The van der Waals surface area contributed by atoms with Gasteiger partial charge < -0.3 is 20.3 Å². The van der Waals surface area contributed by atoms with Crippen LogP contribution in [0.15, 0.2) is 30.3 Å². The maximum atomic E-state index is 14.0. The lowest BCUT2D eigenvalue weighted by Crippen LogP contribution is -2.41. The number of alkyl halides is 3. The molecular formula is C24H28BrF2N7O2. The van der Waals surface area contributed by atoms with E-state index >= 15 is 0 Å². The van der Waals surface area contributed by atoms with Crippen molar-refractivity contribution >= 4 is 44.6 Å². The van der Waals surface area contributed by atoms with Crippen molar-refractivity contribution < 1.29 is 18.3 Å². The summed E-state index contributed by atoms with van der Waals surface area (Å²) >= 11 is 3.18. The van der Waals surface area contributed by atoms with Crippen molar-refractivity contribution in [2.45, 2.75) is 44.2 Å². The number of para-hydroxylation sites is 2. The van der Waals surface area contributed by atoms with E-state index in [2.05, 4.69) is 41.4 Å². The Bertz CT molecular complexity index is 1210. The first-order valence-electron chi connectivity index (χ1n) is 12.1. The summed E-state index contributed by atoms with van der Waals surface area (Å²) in [5, 5.41) is 6.74. The van der Waals surface area contributed by atoms with Gasteiger partial charge in [0.1, 0.15) is 11.6 Å². The molecule has 2 aliphatic rings. The normalized spacial score (nSPS) is 20.6. The molecule has 0 bridgehead atoms. The van der Waals surface area contributed by atoms with Crippen molar-refractivity contribution in [2.75, 3.05) is 41.9 Å². The highest BCUT2D eigenvalue weighted by atomic mass is 79.9. The van der Waals surface area contributed by atoms with Gasteiger partial charge in [-0.3, -0.25) is 9.36 Å². The zero-order chi connectivity index (χ0) is 25.1. The topological polar surface area (TPSA) is 97.2 Å². The Morgan fingerprint density at radius 3 is 2.47 bits per heavy atom. The van der Waals surface area contributed by atoms with Crippen LogP contribution in [0.2, 0.25) is 0 Å². The largest absolute Gasteiger partial charge is 0.378 e. The highest BCUT2D eigenvalue weighted by molar-refractivity contribution is 9.09. The number of hydrogen-bond acceptors (Lipinski definition) is 7. The standard InChI is InChI=1S/C24H28BrF2N7O2/c25-14-21(35)28-15-5-7-16(8-6-15)29-24-31-19(33-9-11-36-12-10-33)13-20(32-24)34-18-4-2-1-3-17(18)30-23(34)22(26)27/h1-4,13,15-16,22H,5-12,14H2,(H,28,35)(H,29,31,32)/t15-,16-. The van der Waals surface area contributed by atoms with Crippen molar-refractivity contribution in [3.8, 4) is 5.82 Å². The number of nitrogens with one attached hydrogen (secondary N) is 2. The van der Waals surface area contributed by atoms with Crippen molar-refractivity contribution in [1.29, 1.82) is 0 Å². The van der Waals surface area contributed by atoms with E-state index in [0.29, 0.717) is 60.3 Å². The van der Waals surface area contributed by atoms with E-state index in [0.717, 1.165) is 25.7 Å². The molecule has 0 radical (unpaired) electrons. The molecule has 0 spiro atoms. The van der Waals surface area contributed by atoms with Crippen LogP contribution in [-0.2, 0) is 9.53 Å². The summed E-state index contributed by atoms with van der Waals surface area (Å²) in [7, 11) is 0. The number of hydrogen-bond donors (Lipinski definition) is 2. The summed E-state index contributed by atoms with van der Waals surface area (Å²) < 4.78 is 35.0. The average molecular weight is 564 g/mol. The van der Waals surface area contributed by atoms with E-state index in [1.807, 2.05) is 0 Å². The number of amides is 1. The van der Waals surface area contributed by atoms with Gasteiger partial charge in [0, 0.05) is 31.2 Å². The molecule has 9 nitrogen and oxygen atoms in total. The highest BCUT2D eigenvalue weighted by Crippen LogP contribution is 2.30. The molecule has 36 heavy (non-hydrogen) atoms. The quantitative estimate of drug-likeness (QED) is 0.422. The first kappa shape index (κ1) is 24.8. The second kappa shape index (κ2) is 11.0. The number of rotatable bonds is 7. The Morgan fingerprint density at radius 2 is 1.75 bits per heavy atom. The molecule has 12 heteroatoms. The molecular weight excluding hydrogens is 536 g/mol. The van der Waals surface area contributed by atoms with Crippen molar-refractivity contribution in [3.05, 3.63) is 36.2 Å². The van der Waals surface area contributed by atoms with Crippen molar-refractivity contribution in [3.63, 3.8) is 0 Å². The van der Waals surface area contributed by atoms with Gasteiger partial charge in [-0.2, -0.15) is 9.97 Å². The number of ether oxygens (including phenoxy) is 1. The molecule has 1 aliphatic carbocycles. The summed E-state index contributed by atoms with van der Waals surface area (Å²) in [4.78, 5) is 27.4. The van der Waals surface area contributed by atoms with Gasteiger partial charge in [-0.05, 0) is 37.8 Å². The summed E-state index contributed by atoms with van der Waals surface area (Å²) in [6, 6.07) is 9.06. The van der Waals surface area contributed by atoms with Crippen LogP contribution in [0, 0.1) is 0 Å². The maximum Gasteiger partial charge on any atom is 0.296 e. The molecule has 2 fully saturated rings. The van der Waals surface area contributed by atoms with Gasteiger partial charge in [-0.25, -0.2) is 13.8 Å². The van der Waals surface area contributed by atoms with Gasteiger partial charge in [0.2, 0.25) is 11.9 Å². The molecule has 0 unspecified atom stereocenters. The smallest absolute Gasteiger partial charge is 0.296 e. The van der Waals surface area contributed by atoms with E-state index in [1.165, 1.54) is 4.57 Å². The zero-order valence-corrected chi connectivity index (χ0v) is 21.3. The van der Waals surface area contributed by atoms with Crippen LogP contribution in [0.5, 0.6) is 0 Å². The monoisotopic (exact) mass is 563 g/mol. The highest BCUT2D eigenvalue weighted by Gasteiger charge is 2.26. The molecule has 2 aromatic heterocycles. The molecule has 1 saturated heterocycles. The number of benzene rings is 1. The summed E-state index contributed by atoms with van der Waals surface area (Å²) in [5.41, 5.74) is 1.05. The predicted molar refractivity (Wildman–Crippen MR) is 136 cm³/mol. The average Bonchev–Trinajstić information content (AvgIpc) is 3.30. The molecule has 2 N–H and O–H groups in total. The number of halogens is 3. The number of imidazole rings is 1. The van der Waals surface area contributed by atoms with Crippen LogP contribution in [0.1, 0.15) is 37.9 Å². The number of morpholine rings is 1. The fourth-order valence-electron chi connectivity index (χ4n) is 4.82. The molecule has 1 aliphatic heterocycles. The van der Waals surface area contributed by atoms with Crippen molar-refractivity contribution in [2.24, 2.45) is 0 Å². The minimum Gasteiger partial charge on any atom is -0.378 e. The molecule has 1 saturated carbocycles. The number of nitrogens with zero attached hydrogens (tertiary/aromatic N) is 5. The van der Waals surface area contributed by atoms with Crippen LogP contribution >= 0.6 is 15.9 Å². The maximum absolute atomic E-state index is 14.0. The van der Waals surface area contributed by atoms with Gasteiger partial charge in [-0.1, -0.05) is 28.1 Å². The third-order valence-electron chi connectivity index (χ3n) is 6.59. The fourth-order valence-corrected chi connectivity index (χ4v) is 4.98. The third-order valence-corrected chi connectivity index (χ3v) is 7.10. The van der Waals surface area contributed by atoms with E-state index in [9.17, 15) is 13.6 Å². The van der Waals surface area contributed by atoms with Crippen molar-refractivity contribution in [1.82, 2.24) is 24.8 Å². The van der Waals surface area contributed by atoms with Gasteiger partial charge in [0.05, 0.1) is 29.6 Å². The fraction of sp³-hybridized carbons (Fsp3) is 0.500. The lowest BCUT2D eigenvalue weighted by Gasteiger charge is -2.31. The molecule has 3 heterocycles. The Balaban J connectivity index is 1.46. The third kappa shape index (κ3) is 5.44. The van der Waals surface area contributed by atoms with Crippen LogP contribution in [-0.4, -0.2) is 69.1 Å². The molecule has 0 atom stereocenters. The zero-order valence-electron chi connectivity index (χ0n) is 19.7. The van der Waals surface area contributed by atoms with E-state index in [4.69, 9.17) is 9.72 Å². The van der Waals surface area contributed by atoms with Gasteiger partial charge >= 0.3 is 0 Å². The Morgan fingerprint density at radius 1 is 1.06 bits per heavy atom. The second-order valence-corrected chi connectivity index (χ2v) is 9.56. The van der Waals surface area contributed by atoms with Crippen LogP contribution in [0.3, 0.4) is 0 Å². The molecule has 192 valence electrons. The van der Waals surface area contributed by atoms with E-state index in [1.54, 1.807) is 30.3 Å². The first-order valence-corrected chi connectivity index (χ1v) is 13.2. The number of fused-ring (bicyclic) bond motifs is 1. The molecule has 1 aromatic carbocycles. The van der Waals surface area contributed by atoms with E-state index in [-0.39, 0.29) is 23.8 Å². The minimum absolute atomic E-state index is 0.0139. The predicted octanol–water partition coefficient (Wildman–Crippen LogP) is 3.82. The number of aromatic nitrogens is 4. The minimum atomic E-state index is -2.76. The lowest BCUT2D eigenvalue weighted by molar-refractivity contribution is -0.119. The summed E-state index contributed by atoms with van der Waals surface area (Å²) in [6.07, 6.45) is 0.594. The summed E-state index contributed by atoms with van der Waals surface area (Å²) in [6.45, 7) is 2.45. The molecule has 1 amide bonds.